The summed E-state index contributed by atoms with van der Waals surface area (Å²) in [5.41, 5.74) is 10.7. The molecule has 0 atom stereocenters. The Morgan fingerprint density at radius 1 is 0.882 bits per heavy atom. The number of ether oxygens (including phenoxy) is 2. The SMILES string of the molecule is COc1cc2ncc3c(N)nc(-c4cncc(Nc5cccc(C#N)c5)c4)cc3c2cc1OC. The van der Waals surface area contributed by atoms with Crippen molar-refractivity contribution >= 4 is 38.9 Å². The average molecular weight is 448 g/mol. The quantitative estimate of drug-likeness (QED) is 0.358. The van der Waals surface area contributed by atoms with Crippen LogP contribution in [-0.4, -0.2) is 29.2 Å². The van der Waals surface area contributed by atoms with Crippen LogP contribution in [0.15, 0.2) is 67.1 Å². The number of nitrogens with one attached hydrogen (secondary N) is 1. The van der Waals surface area contributed by atoms with Crippen LogP contribution in [0.2, 0.25) is 0 Å². The maximum atomic E-state index is 9.14. The van der Waals surface area contributed by atoms with Gasteiger partial charge in [-0.2, -0.15) is 5.26 Å². The number of aromatic nitrogens is 3. The summed E-state index contributed by atoms with van der Waals surface area (Å²) in [6, 6.07) is 17.0. The van der Waals surface area contributed by atoms with Gasteiger partial charge in [0.15, 0.2) is 11.5 Å². The van der Waals surface area contributed by atoms with Crippen LogP contribution in [0.5, 0.6) is 11.5 Å². The first-order valence-electron chi connectivity index (χ1n) is 10.4. The van der Waals surface area contributed by atoms with Crippen LogP contribution in [-0.2, 0) is 0 Å². The second-order valence-electron chi connectivity index (χ2n) is 7.62. The molecule has 3 heterocycles. The van der Waals surface area contributed by atoms with E-state index in [1.807, 2.05) is 36.4 Å². The zero-order valence-electron chi connectivity index (χ0n) is 18.5. The minimum atomic E-state index is 0.372. The number of nitriles is 1. The van der Waals surface area contributed by atoms with Gasteiger partial charge in [0, 0.05) is 40.5 Å². The van der Waals surface area contributed by atoms with E-state index < -0.39 is 0 Å². The van der Waals surface area contributed by atoms with Gasteiger partial charge in [-0.15, -0.1) is 0 Å². The van der Waals surface area contributed by atoms with Gasteiger partial charge in [0.05, 0.1) is 48.9 Å². The first kappa shape index (κ1) is 21.0. The molecule has 0 spiro atoms. The lowest BCUT2D eigenvalue weighted by atomic mass is 10.0. The number of anilines is 3. The van der Waals surface area contributed by atoms with Crippen molar-refractivity contribution in [2.24, 2.45) is 0 Å². The van der Waals surface area contributed by atoms with Crippen LogP contribution in [0, 0.1) is 11.3 Å². The van der Waals surface area contributed by atoms with Gasteiger partial charge >= 0.3 is 0 Å². The van der Waals surface area contributed by atoms with Gasteiger partial charge < -0.3 is 20.5 Å². The van der Waals surface area contributed by atoms with Gasteiger partial charge in [0.1, 0.15) is 5.82 Å². The lowest BCUT2D eigenvalue weighted by Crippen LogP contribution is -1.98. The second-order valence-corrected chi connectivity index (χ2v) is 7.62. The summed E-state index contributed by atoms with van der Waals surface area (Å²) in [4.78, 5) is 13.5. The number of benzene rings is 2. The fourth-order valence-corrected chi connectivity index (χ4v) is 3.89. The number of pyridine rings is 3. The Bertz CT molecular complexity index is 1590. The zero-order valence-corrected chi connectivity index (χ0v) is 18.5. The van der Waals surface area contributed by atoms with E-state index in [4.69, 9.17) is 20.5 Å². The fourth-order valence-electron chi connectivity index (χ4n) is 3.89. The Labute approximate surface area is 195 Å². The number of fused-ring (bicyclic) bond motifs is 3. The largest absolute Gasteiger partial charge is 0.493 e. The van der Waals surface area contributed by atoms with Crippen molar-refractivity contribution in [3.8, 4) is 28.8 Å². The highest BCUT2D eigenvalue weighted by molar-refractivity contribution is 6.10. The first-order chi connectivity index (χ1) is 16.6. The molecule has 2 aromatic carbocycles. The minimum Gasteiger partial charge on any atom is -0.493 e. The molecule has 0 unspecified atom stereocenters. The highest BCUT2D eigenvalue weighted by Gasteiger charge is 2.14. The molecule has 0 aliphatic heterocycles. The van der Waals surface area contributed by atoms with Crippen LogP contribution in [0.3, 0.4) is 0 Å². The number of nitrogens with two attached hydrogens (primary N) is 1. The molecule has 166 valence electrons. The molecule has 8 heteroatoms. The molecule has 0 fully saturated rings. The number of hydrogen-bond donors (Lipinski definition) is 2. The molecule has 0 aliphatic rings. The third-order valence-corrected chi connectivity index (χ3v) is 5.53. The zero-order chi connectivity index (χ0) is 23.7. The van der Waals surface area contributed by atoms with Crippen molar-refractivity contribution in [3.05, 3.63) is 72.7 Å². The molecule has 8 nitrogen and oxygen atoms in total. The van der Waals surface area contributed by atoms with E-state index in [1.165, 1.54) is 0 Å². The molecule has 3 N–H and O–H groups in total. The van der Waals surface area contributed by atoms with E-state index >= 15 is 0 Å². The molecule has 5 rings (SSSR count). The average Bonchev–Trinajstić information content (AvgIpc) is 2.87. The standard InChI is InChI=1S/C26H20N6O2/c1-33-24-9-20-19-8-22(32-26(28)21(19)14-30-23(20)10-25(24)34-2)16-7-18(13-29-12-16)31-17-5-3-4-15(6-17)11-27/h3-10,12-14,31H,1-2H3,(H2,28,32). The third-order valence-electron chi connectivity index (χ3n) is 5.53. The number of nitrogens with zero attached hydrogens (tertiary/aromatic N) is 4. The molecule has 5 aromatic rings. The lowest BCUT2D eigenvalue weighted by molar-refractivity contribution is 0.356. The summed E-state index contributed by atoms with van der Waals surface area (Å²) in [7, 11) is 3.19. The van der Waals surface area contributed by atoms with E-state index in [9.17, 15) is 0 Å². The predicted octanol–water partition coefficient (Wildman–Crippen LogP) is 5.06. The number of nitrogen functional groups attached to an aromatic ring is 1. The summed E-state index contributed by atoms with van der Waals surface area (Å²) in [5.74, 6) is 1.58. The molecule has 0 radical (unpaired) electrons. The third kappa shape index (κ3) is 3.76. The first-order valence-corrected chi connectivity index (χ1v) is 10.4. The van der Waals surface area contributed by atoms with Gasteiger partial charge in [0.25, 0.3) is 0 Å². The second kappa shape index (κ2) is 8.56. The topological polar surface area (TPSA) is 119 Å². The minimum absolute atomic E-state index is 0.372. The molecule has 0 saturated heterocycles. The van der Waals surface area contributed by atoms with Gasteiger partial charge in [-0.05, 0) is 41.8 Å². The van der Waals surface area contributed by atoms with Crippen molar-refractivity contribution in [2.75, 3.05) is 25.3 Å². The maximum absolute atomic E-state index is 9.14. The highest BCUT2D eigenvalue weighted by atomic mass is 16.5. The predicted molar refractivity (Wildman–Crippen MR) is 132 cm³/mol. The maximum Gasteiger partial charge on any atom is 0.162 e. The van der Waals surface area contributed by atoms with E-state index in [0.717, 1.165) is 38.6 Å². The van der Waals surface area contributed by atoms with E-state index in [1.54, 1.807) is 44.9 Å². The lowest BCUT2D eigenvalue weighted by Gasteiger charge is -2.13. The Morgan fingerprint density at radius 2 is 1.71 bits per heavy atom. The summed E-state index contributed by atoms with van der Waals surface area (Å²) >= 11 is 0. The van der Waals surface area contributed by atoms with Crippen molar-refractivity contribution in [2.45, 2.75) is 0 Å². The van der Waals surface area contributed by atoms with E-state index in [-0.39, 0.29) is 0 Å². The van der Waals surface area contributed by atoms with Gasteiger partial charge in [0.2, 0.25) is 0 Å². The Morgan fingerprint density at radius 3 is 2.50 bits per heavy atom. The summed E-state index contributed by atoms with van der Waals surface area (Å²) < 4.78 is 10.9. The Kier molecular flexibility index (Phi) is 5.28. The number of methoxy groups -OCH3 is 2. The van der Waals surface area contributed by atoms with Crippen LogP contribution in [0.1, 0.15) is 5.56 Å². The van der Waals surface area contributed by atoms with Gasteiger partial charge in [-0.1, -0.05) is 6.07 Å². The monoisotopic (exact) mass is 448 g/mol. The smallest absolute Gasteiger partial charge is 0.162 e. The van der Waals surface area contributed by atoms with Crippen molar-refractivity contribution in [1.82, 2.24) is 15.0 Å². The summed E-state index contributed by atoms with van der Waals surface area (Å²) in [6.45, 7) is 0. The molecule has 3 aromatic heterocycles. The van der Waals surface area contributed by atoms with E-state index in [0.29, 0.717) is 28.6 Å². The van der Waals surface area contributed by atoms with Crippen molar-refractivity contribution in [3.63, 3.8) is 0 Å². The van der Waals surface area contributed by atoms with Crippen LogP contribution in [0.4, 0.5) is 17.2 Å². The van der Waals surface area contributed by atoms with E-state index in [2.05, 4.69) is 26.3 Å². The fraction of sp³-hybridized carbons (Fsp3) is 0.0769. The van der Waals surface area contributed by atoms with Crippen molar-refractivity contribution in [1.29, 1.82) is 5.26 Å². The molecular weight excluding hydrogens is 428 g/mol. The highest BCUT2D eigenvalue weighted by Crippen LogP contribution is 2.37. The Balaban J connectivity index is 1.62. The molecule has 0 bridgehead atoms. The van der Waals surface area contributed by atoms with Gasteiger partial charge in [-0.25, -0.2) is 4.98 Å². The normalized spacial score (nSPS) is 10.7. The number of hydrogen-bond acceptors (Lipinski definition) is 8. The van der Waals surface area contributed by atoms with Crippen LogP contribution < -0.4 is 20.5 Å². The number of rotatable bonds is 5. The summed E-state index contributed by atoms with van der Waals surface area (Å²) in [6.07, 6.45) is 5.16. The van der Waals surface area contributed by atoms with Gasteiger partial charge in [-0.3, -0.25) is 9.97 Å². The van der Waals surface area contributed by atoms with Crippen molar-refractivity contribution < 1.29 is 9.47 Å². The molecule has 0 amide bonds. The summed E-state index contributed by atoms with van der Waals surface area (Å²) in [5, 5.41) is 14.9. The molecule has 0 saturated carbocycles. The van der Waals surface area contributed by atoms with Crippen LogP contribution in [0.25, 0.3) is 32.9 Å². The molecule has 0 aliphatic carbocycles. The van der Waals surface area contributed by atoms with Crippen LogP contribution >= 0.6 is 0 Å². The molecular formula is C26H20N6O2. The molecule has 34 heavy (non-hydrogen) atoms. The Hall–Kier alpha value is -4.90.